The van der Waals surface area contributed by atoms with Gasteiger partial charge in [0, 0.05) is 19.0 Å². The molecule has 1 aromatic carbocycles. The predicted molar refractivity (Wildman–Crippen MR) is 76.5 cm³/mol. The molecule has 1 unspecified atom stereocenters. The Morgan fingerprint density at radius 2 is 2.26 bits per heavy atom. The van der Waals surface area contributed by atoms with E-state index in [9.17, 15) is 9.18 Å². The van der Waals surface area contributed by atoms with Crippen LogP contribution in [0.3, 0.4) is 0 Å². The zero-order valence-electron chi connectivity index (χ0n) is 10.9. The van der Waals surface area contributed by atoms with Gasteiger partial charge in [-0.3, -0.25) is 4.79 Å². The van der Waals surface area contributed by atoms with Crippen molar-refractivity contribution in [2.75, 3.05) is 13.1 Å². The van der Waals surface area contributed by atoms with Crippen molar-refractivity contribution in [3.8, 4) is 0 Å². The van der Waals surface area contributed by atoms with E-state index in [4.69, 9.17) is 18.0 Å². The molecule has 5 heteroatoms. The predicted octanol–water partition coefficient (Wildman–Crippen LogP) is 2.27. The molecule has 0 saturated carbocycles. The Kier molecular flexibility index (Phi) is 4.14. The van der Waals surface area contributed by atoms with Crippen molar-refractivity contribution in [2.45, 2.75) is 19.8 Å². The highest BCUT2D eigenvalue weighted by atomic mass is 32.1. The van der Waals surface area contributed by atoms with E-state index in [0.717, 1.165) is 18.4 Å². The van der Waals surface area contributed by atoms with Gasteiger partial charge in [0.1, 0.15) is 5.82 Å². The average Bonchev–Trinajstić information content (AvgIpc) is 2.41. The zero-order chi connectivity index (χ0) is 14.0. The topological polar surface area (TPSA) is 46.3 Å². The lowest BCUT2D eigenvalue weighted by Gasteiger charge is -2.32. The van der Waals surface area contributed by atoms with Crippen molar-refractivity contribution >= 4 is 23.1 Å². The van der Waals surface area contributed by atoms with Crippen molar-refractivity contribution in [1.82, 2.24) is 4.90 Å². The molecule has 102 valence electrons. The van der Waals surface area contributed by atoms with E-state index in [-0.39, 0.29) is 17.4 Å². The number of thiocarbonyl (C=S) groups is 1. The molecule has 1 saturated heterocycles. The monoisotopic (exact) mass is 280 g/mol. The molecule has 1 amide bonds. The summed E-state index contributed by atoms with van der Waals surface area (Å²) in [6.45, 7) is 2.96. The Labute approximate surface area is 117 Å². The molecule has 0 aliphatic carbocycles. The summed E-state index contributed by atoms with van der Waals surface area (Å²) in [4.78, 5) is 14.4. The summed E-state index contributed by atoms with van der Waals surface area (Å²) < 4.78 is 13.7. The first kappa shape index (κ1) is 13.9. The van der Waals surface area contributed by atoms with E-state index in [1.54, 1.807) is 17.0 Å². The summed E-state index contributed by atoms with van der Waals surface area (Å²) in [5.74, 6) is -0.712. The van der Waals surface area contributed by atoms with Crippen molar-refractivity contribution in [3.05, 3.63) is 35.1 Å². The van der Waals surface area contributed by atoms with Crippen LogP contribution in [0.1, 0.15) is 28.8 Å². The molecule has 1 atom stereocenters. The number of amides is 1. The van der Waals surface area contributed by atoms with E-state index >= 15 is 0 Å². The van der Waals surface area contributed by atoms with Crippen molar-refractivity contribution in [1.29, 1.82) is 0 Å². The van der Waals surface area contributed by atoms with Gasteiger partial charge in [0.05, 0.1) is 10.6 Å². The van der Waals surface area contributed by atoms with Gasteiger partial charge in [-0.1, -0.05) is 23.8 Å². The van der Waals surface area contributed by atoms with Gasteiger partial charge in [-0.25, -0.2) is 4.39 Å². The molecule has 0 aromatic heterocycles. The van der Waals surface area contributed by atoms with Crippen LogP contribution >= 0.6 is 12.2 Å². The molecule has 1 aromatic rings. The summed E-state index contributed by atoms with van der Waals surface area (Å²) in [7, 11) is 0. The Hall–Kier alpha value is -1.49. The largest absolute Gasteiger partial charge is 0.393 e. The van der Waals surface area contributed by atoms with Gasteiger partial charge in [0.2, 0.25) is 0 Å². The lowest BCUT2D eigenvalue weighted by molar-refractivity contribution is 0.0698. The first-order valence-corrected chi connectivity index (χ1v) is 6.74. The quantitative estimate of drug-likeness (QED) is 0.845. The maximum atomic E-state index is 13.7. The van der Waals surface area contributed by atoms with Crippen LogP contribution < -0.4 is 5.73 Å². The molecule has 19 heavy (non-hydrogen) atoms. The summed E-state index contributed by atoms with van der Waals surface area (Å²) in [5, 5.41) is 0. The molecule has 0 spiro atoms. The molecular formula is C14H17FN2OS. The van der Waals surface area contributed by atoms with Gasteiger partial charge in [-0.2, -0.15) is 0 Å². The highest BCUT2D eigenvalue weighted by Crippen LogP contribution is 2.20. The number of likely N-dealkylation sites (tertiary alicyclic amines) is 1. The SMILES string of the molecule is Cc1ccc(F)c(C(=O)N2CCCC(C(N)=S)C2)c1. The Balaban J connectivity index is 2.19. The standard InChI is InChI=1S/C14H17FN2OS/c1-9-4-5-12(15)11(7-9)14(18)17-6-2-3-10(8-17)13(16)19/h4-5,7,10H,2-3,6,8H2,1H3,(H2,16,19). The van der Waals surface area contributed by atoms with Crippen LogP contribution in [-0.2, 0) is 0 Å². The summed E-state index contributed by atoms with van der Waals surface area (Å²) in [6, 6.07) is 4.57. The number of hydrogen-bond donors (Lipinski definition) is 1. The number of carbonyl (C=O) groups excluding carboxylic acids is 1. The summed E-state index contributed by atoms with van der Waals surface area (Å²) in [5.41, 5.74) is 6.64. The van der Waals surface area contributed by atoms with Gasteiger partial charge in [-0.15, -0.1) is 0 Å². The van der Waals surface area contributed by atoms with Crippen molar-refractivity contribution in [2.24, 2.45) is 11.7 Å². The number of nitrogens with two attached hydrogens (primary N) is 1. The van der Waals surface area contributed by atoms with Gasteiger partial charge in [-0.05, 0) is 31.9 Å². The molecule has 1 heterocycles. The van der Waals surface area contributed by atoms with Crippen molar-refractivity contribution in [3.63, 3.8) is 0 Å². The first-order chi connectivity index (χ1) is 8.99. The second kappa shape index (κ2) is 5.65. The number of halogens is 1. The number of piperidine rings is 1. The van der Waals surface area contributed by atoms with Gasteiger partial charge >= 0.3 is 0 Å². The number of carbonyl (C=O) groups is 1. The summed E-state index contributed by atoms with van der Waals surface area (Å²) >= 11 is 4.98. The number of rotatable bonds is 2. The second-order valence-electron chi connectivity index (χ2n) is 4.98. The lowest BCUT2D eigenvalue weighted by Crippen LogP contribution is -2.43. The molecule has 0 radical (unpaired) electrons. The molecule has 0 bridgehead atoms. The van der Waals surface area contributed by atoms with Crippen LogP contribution in [0.5, 0.6) is 0 Å². The fourth-order valence-corrected chi connectivity index (χ4v) is 2.56. The van der Waals surface area contributed by atoms with Gasteiger partial charge < -0.3 is 10.6 Å². The number of aryl methyl sites for hydroxylation is 1. The summed E-state index contributed by atoms with van der Waals surface area (Å²) in [6.07, 6.45) is 1.75. The van der Waals surface area contributed by atoms with Crippen LogP contribution in [0.2, 0.25) is 0 Å². The maximum absolute atomic E-state index is 13.7. The fraction of sp³-hybridized carbons (Fsp3) is 0.429. The lowest BCUT2D eigenvalue weighted by atomic mass is 9.97. The molecule has 2 rings (SSSR count). The number of benzene rings is 1. The number of nitrogens with zero attached hydrogens (tertiary/aromatic N) is 1. The van der Waals surface area contributed by atoms with E-state index in [1.807, 2.05) is 6.92 Å². The minimum Gasteiger partial charge on any atom is -0.393 e. The first-order valence-electron chi connectivity index (χ1n) is 6.34. The molecule has 1 aliphatic heterocycles. The third kappa shape index (κ3) is 3.10. The van der Waals surface area contributed by atoms with Crippen LogP contribution in [0.4, 0.5) is 4.39 Å². The minimum atomic E-state index is -0.479. The highest BCUT2D eigenvalue weighted by molar-refractivity contribution is 7.80. The van der Waals surface area contributed by atoms with E-state index < -0.39 is 5.82 Å². The molecule has 1 fully saturated rings. The molecule has 2 N–H and O–H groups in total. The smallest absolute Gasteiger partial charge is 0.256 e. The third-order valence-corrected chi connectivity index (χ3v) is 3.80. The van der Waals surface area contributed by atoms with Gasteiger partial charge in [0.25, 0.3) is 5.91 Å². The van der Waals surface area contributed by atoms with Crippen LogP contribution in [0.15, 0.2) is 18.2 Å². The van der Waals surface area contributed by atoms with E-state index in [2.05, 4.69) is 0 Å². The number of hydrogen-bond acceptors (Lipinski definition) is 2. The Morgan fingerprint density at radius 1 is 1.53 bits per heavy atom. The van der Waals surface area contributed by atoms with Crippen LogP contribution in [0, 0.1) is 18.7 Å². The average molecular weight is 280 g/mol. The van der Waals surface area contributed by atoms with E-state index in [1.165, 1.54) is 6.07 Å². The van der Waals surface area contributed by atoms with Crippen LogP contribution in [0.25, 0.3) is 0 Å². The normalized spacial score (nSPS) is 19.3. The van der Waals surface area contributed by atoms with E-state index in [0.29, 0.717) is 18.1 Å². The Bertz CT molecular complexity index is 518. The fourth-order valence-electron chi connectivity index (χ4n) is 2.37. The Morgan fingerprint density at radius 3 is 2.95 bits per heavy atom. The molecule has 1 aliphatic rings. The maximum Gasteiger partial charge on any atom is 0.256 e. The zero-order valence-corrected chi connectivity index (χ0v) is 11.7. The van der Waals surface area contributed by atoms with Crippen molar-refractivity contribution < 1.29 is 9.18 Å². The van der Waals surface area contributed by atoms with Crippen LogP contribution in [-0.4, -0.2) is 28.9 Å². The van der Waals surface area contributed by atoms with Gasteiger partial charge in [0.15, 0.2) is 0 Å². The molecule has 3 nitrogen and oxygen atoms in total. The minimum absolute atomic E-state index is 0.0422. The second-order valence-corrected chi connectivity index (χ2v) is 5.45. The molecular weight excluding hydrogens is 263 g/mol. The highest BCUT2D eigenvalue weighted by Gasteiger charge is 2.27. The third-order valence-electron chi connectivity index (χ3n) is 3.46.